The zero-order valence-electron chi connectivity index (χ0n) is 13.5. The van der Waals surface area contributed by atoms with Crippen molar-refractivity contribution in [2.75, 3.05) is 33.2 Å². The molecular formula is C17H26N2O2S. The van der Waals surface area contributed by atoms with Crippen LogP contribution in [0.15, 0.2) is 12.1 Å². The lowest BCUT2D eigenvalue weighted by molar-refractivity contribution is -0.0730. The number of carbonyl (C=O) groups is 1. The van der Waals surface area contributed by atoms with Crippen LogP contribution < -0.4 is 0 Å². The molecule has 3 heterocycles. The second kappa shape index (κ2) is 6.30. The Morgan fingerprint density at radius 1 is 1.41 bits per heavy atom. The topological polar surface area (TPSA) is 43.8 Å². The Bertz CT molecular complexity index is 545. The summed E-state index contributed by atoms with van der Waals surface area (Å²) in [5.74, 6) is 0.143. The fraction of sp³-hybridized carbons (Fsp3) is 0.706. The number of aliphatic hydroxyl groups excluding tert-OH is 1. The number of rotatable bonds is 2. The average molecular weight is 322 g/mol. The lowest BCUT2D eigenvalue weighted by Gasteiger charge is -2.50. The van der Waals surface area contributed by atoms with E-state index in [4.69, 9.17) is 0 Å². The van der Waals surface area contributed by atoms with Gasteiger partial charge in [0.1, 0.15) is 0 Å². The van der Waals surface area contributed by atoms with Crippen LogP contribution in [0.2, 0.25) is 0 Å². The van der Waals surface area contributed by atoms with Crippen molar-refractivity contribution >= 4 is 17.2 Å². The van der Waals surface area contributed by atoms with Crippen molar-refractivity contribution in [1.82, 2.24) is 9.80 Å². The van der Waals surface area contributed by atoms with Gasteiger partial charge in [-0.1, -0.05) is 6.92 Å². The molecule has 0 radical (unpaired) electrons. The summed E-state index contributed by atoms with van der Waals surface area (Å²) in [7, 11) is 2.11. The smallest absolute Gasteiger partial charge is 0.263 e. The lowest BCUT2D eigenvalue weighted by Crippen LogP contribution is -2.59. The van der Waals surface area contributed by atoms with E-state index in [1.165, 1.54) is 4.88 Å². The molecule has 0 aliphatic carbocycles. The number of aryl methyl sites for hydroxylation is 1. The Labute approximate surface area is 136 Å². The van der Waals surface area contributed by atoms with Crippen molar-refractivity contribution in [1.29, 1.82) is 0 Å². The molecule has 0 aromatic carbocycles. The minimum Gasteiger partial charge on any atom is -0.392 e. The highest BCUT2D eigenvalue weighted by Gasteiger charge is 2.45. The number of hydrogen-bond acceptors (Lipinski definition) is 4. The summed E-state index contributed by atoms with van der Waals surface area (Å²) in [5, 5.41) is 10.6. The predicted molar refractivity (Wildman–Crippen MR) is 89.4 cm³/mol. The second-order valence-electron chi connectivity index (χ2n) is 6.85. The van der Waals surface area contributed by atoms with E-state index >= 15 is 0 Å². The maximum Gasteiger partial charge on any atom is 0.263 e. The molecule has 122 valence electrons. The zero-order valence-corrected chi connectivity index (χ0v) is 14.4. The fourth-order valence-electron chi connectivity index (χ4n) is 3.94. The van der Waals surface area contributed by atoms with Crippen LogP contribution in [0.25, 0.3) is 0 Å². The van der Waals surface area contributed by atoms with Crippen LogP contribution in [0.3, 0.4) is 0 Å². The number of piperidine rings is 2. The molecule has 2 aliphatic rings. The Kier molecular flexibility index (Phi) is 4.57. The van der Waals surface area contributed by atoms with Crippen LogP contribution in [0.5, 0.6) is 0 Å². The first kappa shape index (κ1) is 16.0. The highest BCUT2D eigenvalue weighted by molar-refractivity contribution is 7.14. The summed E-state index contributed by atoms with van der Waals surface area (Å²) < 4.78 is 0. The monoisotopic (exact) mass is 322 g/mol. The van der Waals surface area contributed by atoms with Gasteiger partial charge in [-0.15, -0.1) is 11.3 Å². The lowest BCUT2D eigenvalue weighted by atomic mass is 9.71. The average Bonchev–Trinajstić information content (AvgIpc) is 3.00. The molecule has 1 spiro atoms. The third kappa shape index (κ3) is 2.94. The molecule has 0 saturated carbocycles. The van der Waals surface area contributed by atoms with Crippen LogP contribution in [-0.4, -0.2) is 60.1 Å². The molecule has 2 atom stereocenters. The van der Waals surface area contributed by atoms with E-state index in [-0.39, 0.29) is 17.4 Å². The quantitative estimate of drug-likeness (QED) is 0.908. The number of amides is 1. The van der Waals surface area contributed by atoms with Gasteiger partial charge < -0.3 is 14.9 Å². The number of hydrogen-bond donors (Lipinski definition) is 1. The maximum atomic E-state index is 12.8. The van der Waals surface area contributed by atoms with Gasteiger partial charge in [-0.3, -0.25) is 4.79 Å². The van der Waals surface area contributed by atoms with Gasteiger partial charge in [0.05, 0.1) is 11.0 Å². The van der Waals surface area contributed by atoms with Gasteiger partial charge in [0.25, 0.3) is 5.91 Å². The molecule has 1 amide bonds. The highest BCUT2D eigenvalue weighted by atomic mass is 32.1. The standard InChI is InChI=1S/C17H26N2O2S/c1-3-13-5-6-14(22-13)16(21)19-9-4-8-17(12-19)11-18(2)10-7-15(17)20/h5-6,15,20H,3-4,7-12H2,1-2H3/t15-,17-/m0/s1. The molecule has 5 heteroatoms. The Morgan fingerprint density at radius 2 is 2.23 bits per heavy atom. The van der Waals surface area contributed by atoms with E-state index in [1.807, 2.05) is 11.0 Å². The molecule has 3 rings (SSSR count). The Balaban J connectivity index is 1.76. The van der Waals surface area contributed by atoms with Gasteiger partial charge in [0.2, 0.25) is 0 Å². The van der Waals surface area contributed by atoms with E-state index in [1.54, 1.807) is 11.3 Å². The Morgan fingerprint density at radius 3 is 2.95 bits per heavy atom. The van der Waals surface area contributed by atoms with E-state index < -0.39 is 0 Å². The van der Waals surface area contributed by atoms with E-state index in [9.17, 15) is 9.90 Å². The van der Waals surface area contributed by atoms with Crippen LogP contribution in [0.4, 0.5) is 0 Å². The first-order valence-corrected chi connectivity index (χ1v) is 9.10. The first-order valence-electron chi connectivity index (χ1n) is 8.29. The third-order valence-corrected chi connectivity index (χ3v) is 6.41. The van der Waals surface area contributed by atoms with E-state index in [0.29, 0.717) is 6.54 Å². The molecule has 1 aromatic rings. The van der Waals surface area contributed by atoms with Crippen molar-refractivity contribution in [2.24, 2.45) is 5.41 Å². The summed E-state index contributed by atoms with van der Waals surface area (Å²) in [5.41, 5.74) is -0.133. The van der Waals surface area contributed by atoms with Gasteiger partial charge in [0, 0.05) is 36.5 Å². The van der Waals surface area contributed by atoms with Crippen LogP contribution >= 0.6 is 11.3 Å². The first-order chi connectivity index (χ1) is 10.5. The number of nitrogens with zero attached hydrogens (tertiary/aromatic N) is 2. The van der Waals surface area contributed by atoms with Crippen molar-refractivity contribution in [3.05, 3.63) is 21.9 Å². The van der Waals surface area contributed by atoms with Gasteiger partial charge in [-0.05, 0) is 44.9 Å². The Hall–Kier alpha value is -0.910. The summed E-state index contributed by atoms with van der Waals surface area (Å²) in [4.78, 5) is 19.1. The molecule has 22 heavy (non-hydrogen) atoms. The summed E-state index contributed by atoms with van der Waals surface area (Å²) in [6.07, 6.45) is 3.52. The molecule has 1 N–H and O–H groups in total. The van der Waals surface area contributed by atoms with E-state index in [2.05, 4.69) is 24.9 Å². The fourth-order valence-corrected chi connectivity index (χ4v) is 4.86. The van der Waals surface area contributed by atoms with Crippen molar-refractivity contribution in [3.63, 3.8) is 0 Å². The number of carbonyl (C=O) groups excluding carboxylic acids is 1. The molecule has 2 saturated heterocycles. The predicted octanol–water partition coefficient (Wildman–Crippen LogP) is 2.23. The normalized spacial score (nSPS) is 30.0. The van der Waals surface area contributed by atoms with Gasteiger partial charge in [0.15, 0.2) is 0 Å². The van der Waals surface area contributed by atoms with Crippen LogP contribution in [0, 0.1) is 5.41 Å². The number of likely N-dealkylation sites (tertiary alicyclic amines) is 2. The van der Waals surface area contributed by atoms with Crippen molar-refractivity contribution < 1.29 is 9.90 Å². The molecule has 1 aromatic heterocycles. The van der Waals surface area contributed by atoms with Crippen molar-refractivity contribution in [2.45, 2.75) is 38.7 Å². The molecule has 0 unspecified atom stereocenters. The molecule has 2 aliphatic heterocycles. The number of aliphatic hydroxyl groups is 1. The minimum absolute atomic E-state index is 0.133. The molecule has 2 fully saturated rings. The van der Waals surface area contributed by atoms with E-state index in [0.717, 1.165) is 50.2 Å². The minimum atomic E-state index is -0.283. The molecular weight excluding hydrogens is 296 g/mol. The van der Waals surface area contributed by atoms with Gasteiger partial charge in [-0.25, -0.2) is 0 Å². The highest BCUT2D eigenvalue weighted by Crippen LogP contribution is 2.39. The summed E-state index contributed by atoms with van der Waals surface area (Å²) >= 11 is 1.61. The molecule has 4 nitrogen and oxygen atoms in total. The second-order valence-corrected chi connectivity index (χ2v) is 8.02. The largest absolute Gasteiger partial charge is 0.392 e. The number of thiophene rings is 1. The maximum absolute atomic E-state index is 12.8. The summed E-state index contributed by atoms with van der Waals surface area (Å²) in [6.45, 7) is 5.46. The molecule has 0 bridgehead atoms. The summed E-state index contributed by atoms with van der Waals surface area (Å²) in [6, 6.07) is 4.01. The SMILES string of the molecule is CCc1ccc(C(=O)N2CCC[C@]3(CN(C)CC[C@@H]3O)C2)s1. The third-order valence-electron chi connectivity index (χ3n) is 5.19. The van der Waals surface area contributed by atoms with Gasteiger partial charge in [-0.2, -0.15) is 0 Å². The zero-order chi connectivity index (χ0) is 15.7. The van der Waals surface area contributed by atoms with Gasteiger partial charge >= 0.3 is 0 Å². The van der Waals surface area contributed by atoms with Crippen LogP contribution in [-0.2, 0) is 6.42 Å². The van der Waals surface area contributed by atoms with Crippen LogP contribution in [0.1, 0.15) is 40.7 Å². The van der Waals surface area contributed by atoms with Crippen molar-refractivity contribution in [3.8, 4) is 0 Å².